The number of nitrogens with zero attached hydrogens (tertiary/aromatic N) is 1. The highest BCUT2D eigenvalue weighted by Crippen LogP contribution is 2.25. The third-order valence-corrected chi connectivity index (χ3v) is 2.71. The monoisotopic (exact) mass is 215 g/mol. The van der Waals surface area contributed by atoms with Crippen molar-refractivity contribution in [3.8, 4) is 0 Å². The van der Waals surface area contributed by atoms with E-state index in [4.69, 9.17) is 14.6 Å². The van der Waals surface area contributed by atoms with Crippen LogP contribution in [0.2, 0.25) is 0 Å². The van der Waals surface area contributed by atoms with E-state index in [1.165, 1.54) is 0 Å². The first-order valence-corrected chi connectivity index (χ1v) is 5.16. The minimum Gasteiger partial charge on any atom is -0.394 e. The predicted octanol–water partition coefficient (Wildman–Crippen LogP) is -0.352. The van der Waals surface area contributed by atoms with Crippen LogP contribution in [0.15, 0.2) is 11.8 Å². The Morgan fingerprint density at radius 2 is 2.40 bits per heavy atom. The highest BCUT2D eigenvalue weighted by molar-refractivity contribution is 5.01. The van der Waals surface area contributed by atoms with Gasteiger partial charge in [0.05, 0.1) is 19.3 Å². The number of rotatable bonds is 2. The molecule has 0 aromatic rings. The van der Waals surface area contributed by atoms with Gasteiger partial charge in [0, 0.05) is 12.6 Å². The molecule has 2 heterocycles. The number of hydrogen-bond acceptors (Lipinski definition) is 5. The average Bonchev–Trinajstić information content (AvgIpc) is 2.60. The SMILES string of the molecule is CC1=CN([C@H]2C[C@@H](O)[C@@H](CO)O2)COC1. The van der Waals surface area contributed by atoms with Crippen LogP contribution in [0.5, 0.6) is 0 Å². The largest absolute Gasteiger partial charge is 0.394 e. The topological polar surface area (TPSA) is 62.2 Å². The van der Waals surface area contributed by atoms with Crippen LogP contribution in [0.1, 0.15) is 13.3 Å². The molecule has 0 amide bonds. The van der Waals surface area contributed by atoms with Crippen molar-refractivity contribution in [3.05, 3.63) is 11.8 Å². The maximum atomic E-state index is 9.58. The van der Waals surface area contributed by atoms with E-state index in [9.17, 15) is 5.11 Å². The van der Waals surface area contributed by atoms with Crippen molar-refractivity contribution in [2.75, 3.05) is 19.9 Å². The highest BCUT2D eigenvalue weighted by atomic mass is 16.6. The fourth-order valence-corrected chi connectivity index (χ4v) is 1.92. The van der Waals surface area contributed by atoms with Crippen molar-refractivity contribution < 1.29 is 19.7 Å². The van der Waals surface area contributed by atoms with Crippen LogP contribution in [0.25, 0.3) is 0 Å². The summed E-state index contributed by atoms with van der Waals surface area (Å²) in [5, 5.41) is 18.5. The summed E-state index contributed by atoms with van der Waals surface area (Å²) in [4.78, 5) is 1.91. The van der Waals surface area contributed by atoms with Crippen molar-refractivity contribution in [1.82, 2.24) is 4.90 Å². The molecule has 0 spiro atoms. The molecule has 5 heteroatoms. The molecule has 2 N–H and O–H groups in total. The van der Waals surface area contributed by atoms with Gasteiger partial charge in [0.25, 0.3) is 0 Å². The second-order valence-electron chi connectivity index (χ2n) is 4.08. The van der Waals surface area contributed by atoms with Gasteiger partial charge in [-0.3, -0.25) is 0 Å². The zero-order chi connectivity index (χ0) is 10.8. The summed E-state index contributed by atoms with van der Waals surface area (Å²) in [7, 11) is 0. The fourth-order valence-electron chi connectivity index (χ4n) is 1.92. The van der Waals surface area contributed by atoms with Gasteiger partial charge in [-0.15, -0.1) is 0 Å². The van der Waals surface area contributed by atoms with Crippen LogP contribution in [-0.4, -0.2) is 53.5 Å². The Labute approximate surface area is 88.9 Å². The maximum absolute atomic E-state index is 9.58. The molecule has 0 saturated carbocycles. The molecule has 0 aromatic carbocycles. The van der Waals surface area contributed by atoms with E-state index < -0.39 is 12.2 Å². The van der Waals surface area contributed by atoms with Crippen molar-refractivity contribution >= 4 is 0 Å². The summed E-state index contributed by atoms with van der Waals surface area (Å²) in [5.74, 6) is 0. The van der Waals surface area contributed by atoms with Crippen LogP contribution in [-0.2, 0) is 9.47 Å². The van der Waals surface area contributed by atoms with Crippen LogP contribution in [0.3, 0.4) is 0 Å². The van der Waals surface area contributed by atoms with E-state index >= 15 is 0 Å². The van der Waals surface area contributed by atoms with Crippen LogP contribution in [0.4, 0.5) is 0 Å². The van der Waals surface area contributed by atoms with Crippen molar-refractivity contribution in [1.29, 1.82) is 0 Å². The molecule has 5 nitrogen and oxygen atoms in total. The third kappa shape index (κ3) is 2.31. The molecule has 0 aliphatic carbocycles. The van der Waals surface area contributed by atoms with Gasteiger partial charge in [0.2, 0.25) is 0 Å². The Hall–Kier alpha value is -0.620. The lowest BCUT2D eigenvalue weighted by Crippen LogP contribution is -2.36. The van der Waals surface area contributed by atoms with Gasteiger partial charge in [-0.25, -0.2) is 0 Å². The number of aliphatic hydroxyl groups excluding tert-OH is 2. The van der Waals surface area contributed by atoms with E-state index in [1.807, 2.05) is 18.0 Å². The molecule has 0 aromatic heterocycles. The Morgan fingerprint density at radius 1 is 1.60 bits per heavy atom. The molecule has 3 atom stereocenters. The minimum absolute atomic E-state index is 0.144. The van der Waals surface area contributed by atoms with Crippen molar-refractivity contribution in [2.45, 2.75) is 31.8 Å². The lowest BCUT2D eigenvalue weighted by Gasteiger charge is -2.30. The molecule has 0 unspecified atom stereocenters. The van der Waals surface area contributed by atoms with Crippen LogP contribution >= 0.6 is 0 Å². The van der Waals surface area contributed by atoms with E-state index in [2.05, 4.69) is 0 Å². The van der Waals surface area contributed by atoms with E-state index in [-0.39, 0.29) is 12.8 Å². The van der Waals surface area contributed by atoms with Gasteiger partial charge in [0.15, 0.2) is 0 Å². The minimum atomic E-state index is -0.587. The zero-order valence-electron chi connectivity index (χ0n) is 8.80. The molecule has 0 radical (unpaired) electrons. The second-order valence-corrected chi connectivity index (χ2v) is 4.08. The van der Waals surface area contributed by atoms with Gasteiger partial charge in [-0.2, -0.15) is 0 Å². The highest BCUT2D eigenvalue weighted by Gasteiger charge is 2.36. The molecule has 2 aliphatic heterocycles. The van der Waals surface area contributed by atoms with Gasteiger partial charge >= 0.3 is 0 Å². The average molecular weight is 215 g/mol. The van der Waals surface area contributed by atoms with Crippen molar-refractivity contribution in [3.63, 3.8) is 0 Å². The summed E-state index contributed by atoms with van der Waals surface area (Å²) in [6.45, 7) is 2.97. The van der Waals surface area contributed by atoms with Gasteiger partial charge in [-0.05, 0) is 12.5 Å². The summed E-state index contributed by atoms with van der Waals surface area (Å²) < 4.78 is 10.9. The molecule has 15 heavy (non-hydrogen) atoms. The van der Waals surface area contributed by atoms with Gasteiger partial charge in [-0.1, -0.05) is 0 Å². The Morgan fingerprint density at radius 3 is 3.00 bits per heavy atom. The van der Waals surface area contributed by atoms with E-state index in [0.717, 1.165) is 5.57 Å². The summed E-state index contributed by atoms with van der Waals surface area (Å²) >= 11 is 0. The fraction of sp³-hybridized carbons (Fsp3) is 0.800. The smallest absolute Gasteiger partial charge is 0.134 e. The lowest BCUT2D eigenvalue weighted by atomic mass is 10.2. The second kappa shape index (κ2) is 4.49. The molecular weight excluding hydrogens is 198 g/mol. The Bertz CT molecular complexity index is 256. The number of ether oxygens (including phenoxy) is 2. The lowest BCUT2D eigenvalue weighted by molar-refractivity contribution is -0.0974. The molecular formula is C10H17NO4. The molecule has 2 rings (SSSR count). The normalized spacial score (nSPS) is 36.9. The zero-order valence-corrected chi connectivity index (χ0v) is 8.80. The summed E-state index contributed by atoms with van der Waals surface area (Å²) in [5.41, 5.74) is 1.13. The maximum Gasteiger partial charge on any atom is 0.134 e. The van der Waals surface area contributed by atoms with Gasteiger partial charge in [0.1, 0.15) is 19.1 Å². The number of hydrogen-bond donors (Lipinski definition) is 2. The third-order valence-electron chi connectivity index (χ3n) is 2.71. The molecule has 2 aliphatic rings. The van der Waals surface area contributed by atoms with E-state index in [1.54, 1.807) is 0 Å². The standard InChI is InChI=1S/C10H17NO4/c1-7-3-11(6-14-5-7)10-2-8(13)9(4-12)15-10/h3,8-10,12-13H,2,4-6H2,1H3/t8-,9-,10-/m1/s1. The Kier molecular flexibility index (Phi) is 3.25. The Balaban J connectivity index is 1.98. The van der Waals surface area contributed by atoms with Crippen molar-refractivity contribution in [2.24, 2.45) is 0 Å². The molecule has 0 bridgehead atoms. The van der Waals surface area contributed by atoms with Crippen LogP contribution in [0, 0.1) is 0 Å². The molecule has 86 valence electrons. The quantitative estimate of drug-likeness (QED) is 0.659. The van der Waals surface area contributed by atoms with Gasteiger partial charge < -0.3 is 24.6 Å². The molecule has 1 saturated heterocycles. The first-order chi connectivity index (χ1) is 7.20. The predicted molar refractivity (Wildman–Crippen MR) is 52.8 cm³/mol. The summed E-state index contributed by atoms with van der Waals surface area (Å²) in [6, 6.07) is 0. The number of aliphatic hydroxyl groups is 2. The first kappa shape index (κ1) is 10.9. The summed E-state index contributed by atoms with van der Waals surface area (Å²) in [6.07, 6.45) is 1.26. The van der Waals surface area contributed by atoms with Crippen LogP contribution < -0.4 is 0 Å². The molecule has 1 fully saturated rings. The van der Waals surface area contributed by atoms with E-state index in [0.29, 0.717) is 19.8 Å². The first-order valence-electron chi connectivity index (χ1n) is 5.16.